The lowest BCUT2D eigenvalue weighted by Crippen LogP contribution is -2.47. The van der Waals surface area contributed by atoms with Crippen LogP contribution in [-0.4, -0.2) is 40.5 Å². The monoisotopic (exact) mass is 511 g/mol. The van der Waals surface area contributed by atoms with Crippen molar-refractivity contribution in [3.8, 4) is 17.1 Å². The Kier molecular flexibility index (Phi) is 7.23. The van der Waals surface area contributed by atoms with Crippen LogP contribution in [0.3, 0.4) is 0 Å². The number of hydrogen-bond acceptors (Lipinski definition) is 6. The van der Waals surface area contributed by atoms with Crippen LogP contribution in [0.25, 0.3) is 11.4 Å². The lowest BCUT2D eigenvalue weighted by atomic mass is 9.77. The number of nitrogens with zero attached hydrogens (tertiary/aromatic N) is 3. The zero-order chi connectivity index (χ0) is 24.4. The molecule has 0 bridgehead atoms. The van der Waals surface area contributed by atoms with Crippen LogP contribution in [0, 0.1) is 5.92 Å². The van der Waals surface area contributed by atoms with Crippen molar-refractivity contribution in [2.75, 3.05) is 13.7 Å². The first-order valence-electron chi connectivity index (χ1n) is 11.8. The molecule has 0 unspecified atom stereocenters. The topological polar surface area (TPSA) is 64.5 Å². The van der Waals surface area contributed by atoms with Crippen molar-refractivity contribution in [1.29, 1.82) is 0 Å². The molecule has 0 radical (unpaired) electrons. The number of fused-ring (bicyclic) bond motifs is 1. The average Bonchev–Trinajstić information content (AvgIpc) is 2.83. The number of esters is 1. The van der Waals surface area contributed by atoms with Crippen molar-refractivity contribution in [3.05, 3.63) is 75.5 Å². The summed E-state index contributed by atoms with van der Waals surface area (Å²) in [6.07, 6.45) is 5.51. The van der Waals surface area contributed by atoms with Crippen LogP contribution in [0.2, 0.25) is 10.0 Å². The predicted octanol–water partition coefficient (Wildman–Crippen LogP) is 5.73. The zero-order valence-electron chi connectivity index (χ0n) is 19.5. The third-order valence-electron chi connectivity index (χ3n) is 6.81. The molecule has 2 heterocycles. The standard InChI is InChI=1S/C27H27Cl2N3O3/c1-34-26(33)12-17-10-23(11-17)32-7-6-25-20(15-32)14-30-27(31-25)19-2-4-24(5-3-19)35-16-18-8-21(28)13-22(29)9-18/h2-5,8-9,13-14,17,23H,6-7,10-12,15-16H2,1H3. The van der Waals surface area contributed by atoms with Crippen LogP contribution in [0.1, 0.15) is 36.1 Å². The van der Waals surface area contributed by atoms with Crippen LogP contribution in [0.15, 0.2) is 48.7 Å². The Bertz CT molecular complexity index is 1190. The van der Waals surface area contributed by atoms with E-state index >= 15 is 0 Å². The molecule has 0 amide bonds. The highest BCUT2D eigenvalue weighted by Crippen LogP contribution is 2.36. The van der Waals surface area contributed by atoms with E-state index in [2.05, 4.69) is 9.88 Å². The van der Waals surface area contributed by atoms with Gasteiger partial charge < -0.3 is 9.47 Å². The Balaban J connectivity index is 1.17. The molecule has 2 aromatic carbocycles. The van der Waals surface area contributed by atoms with Crippen molar-refractivity contribution in [1.82, 2.24) is 14.9 Å². The molecular weight excluding hydrogens is 485 g/mol. The Labute approximate surface area is 215 Å². The number of halogens is 2. The van der Waals surface area contributed by atoms with Crippen molar-refractivity contribution < 1.29 is 14.3 Å². The third-order valence-corrected chi connectivity index (χ3v) is 7.25. The maximum absolute atomic E-state index is 11.5. The summed E-state index contributed by atoms with van der Waals surface area (Å²) >= 11 is 12.1. The van der Waals surface area contributed by atoms with Crippen molar-refractivity contribution in [2.24, 2.45) is 5.92 Å². The Morgan fingerprint density at radius 2 is 1.86 bits per heavy atom. The highest BCUT2D eigenvalue weighted by atomic mass is 35.5. The first kappa shape index (κ1) is 24.0. The van der Waals surface area contributed by atoms with E-state index in [1.54, 1.807) is 6.07 Å². The number of carbonyl (C=O) groups excluding carboxylic acids is 1. The van der Waals surface area contributed by atoms with Gasteiger partial charge in [0.1, 0.15) is 12.4 Å². The number of aromatic nitrogens is 2. The highest BCUT2D eigenvalue weighted by Gasteiger charge is 2.36. The summed E-state index contributed by atoms with van der Waals surface area (Å²) in [6.45, 7) is 2.24. The third kappa shape index (κ3) is 5.77. The molecule has 0 atom stereocenters. The molecule has 3 aromatic rings. The van der Waals surface area contributed by atoms with Crippen molar-refractivity contribution in [3.63, 3.8) is 0 Å². The fourth-order valence-corrected chi connectivity index (χ4v) is 5.41. The summed E-state index contributed by atoms with van der Waals surface area (Å²) in [5, 5.41) is 1.18. The quantitative estimate of drug-likeness (QED) is 0.377. The van der Waals surface area contributed by atoms with Gasteiger partial charge in [0.15, 0.2) is 5.82 Å². The van der Waals surface area contributed by atoms with Gasteiger partial charge in [-0.3, -0.25) is 9.69 Å². The molecule has 0 saturated heterocycles. The molecule has 0 N–H and O–H groups in total. The van der Waals surface area contributed by atoms with Crippen LogP contribution in [0.5, 0.6) is 5.75 Å². The predicted molar refractivity (Wildman–Crippen MR) is 136 cm³/mol. The van der Waals surface area contributed by atoms with Gasteiger partial charge in [-0.05, 0) is 66.8 Å². The summed E-state index contributed by atoms with van der Waals surface area (Å²) in [6, 6.07) is 13.7. The van der Waals surface area contributed by atoms with E-state index in [1.807, 2.05) is 42.6 Å². The van der Waals surface area contributed by atoms with E-state index in [1.165, 1.54) is 12.7 Å². The van der Waals surface area contributed by atoms with E-state index in [9.17, 15) is 4.79 Å². The maximum Gasteiger partial charge on any atom is 0.305 e. The number of rotatable bonds is 7. The lowest BCUT2D eigenvalue weighted by Gasteiger charge is -2.44. The van der Waals surface area contributed by atoms with E-state index in [-0.39, 0.29) is 5.97 Å². The molecule has 2 aliphatic rings. The van der Waals surface area contributed by atoms with Gasteiger partial charge in [-0.25, -0.2) is 9.97 Å². The molecule has 5 rings (SSSR count). The average molecular weight is 512 g/mol. The van der Waals surface area contributed by atoms with E-state index in [0.717, 1.165) is 60.7 Å². The minimum atomic E-state index is -0.107. The van der Waals surface area contributed by atoms with Crippen LogP contribution in [0.4, 0.5) is 0 Å². The van der Waals surface area contributed by atoms with Crippen molar-refractivity contribution >= 4 is 29.2 Å². The van der Waals surface area contributed by atoms with E-state index in [0.29, 0.717) is 35.0 Å². The van der Waals surface area contributed by atoms with Gasteiger partial charge in [-0.15, -0.1) is 0 Å². The molecule has 1 saturated carbocycles. The number of methoxy groups -OCH3 is 1. The van der Waals surface area contributed by atoms with Gasteiger partial charge in [0.25, 0.3) is 0 Å². The van der Waals surface area contributed by atoms with E-state index < -0.39 is 0 Å². The SMILES string of the molecule is COC(=O)CC1CC(N2CCc3nc(-c4ccc(OCc5cc(Cl)cc(Cl)c5)cc4)ncc3C2)C1. The fraction of sp³-hybridized carbons (Fsp3) is 0.370. The van der Waals surface area contributed by atoms with Gasteiger partial charge in [0.05, 0.1) is 12.8 Å². The van der Waals surface area contributed by atoms with Crippen LogP contribution >= 0.6 is 23.2 Å². The minimum Gasteiger partial charge on any atom is -0.489 e. The van der Waals surface area contributed by atoms with Gasteiger partial charge in [0, 0.05) is 59.3 Å². The molecule has 1 aliphatic carbocycles. The molecule has 1 aromatic heterocycles. The molecule has 182 valence electrons. The van der Waals surface area contributed by atoms with Crippen LogP contribution in [-0.2, 0) is 29.1 Å². The second kappa shape index (κ2) is 10.5. The molecule has 1 aliphatic heterocycles. The highest BCUT2D eigenvalue weighted by molar-refractivity contribution is 6.34. The summed E-state index contributed by atoms with van der Waals surface area (Å²) < 4.78 is 10.7. The van der Waals surface area contributed by atoms with Gasteiger partial charge in [-0.2, -0.15) is 0 Å². The summed E-state index contributed by atoms with van der Waals surface area (Å²) in [5.74, 6) is 1.82. The van der Waals surface area contributed by atoms with Crippen molar-refractivity contribution in [2.45, 2.75) is 44.9 Å². The zero-order valence-corrected chi connectivity index (χ0v) is 21.1. The fourth-order valence-electron chi connectivity index (χ4n) is 4.83. The molecule has 0 spiro atoms. The number of benzene rings is 2. The molecule has 1 fully saturated rings. The second-order valence-corrected chi connectivity index (χ2v) is 10.1. The number of ether oxygens (including phenoxy) is 2. The summed E-state index contributed by atoms with van der Waals surface area (Å²) in [5.41, 5.74) is 4.18. The van der Waals surface area contributed by atoms with Gasteiger partial charge in [0.2, 0.25) is 0 Å². The lowest BCUT2D eigenvalue weighted by molar-refractivity contribution is -0.143. The second-order valence-electron chi connectivity index (χ2n) is 9.25. The smallest absolute Gasteiger partial charge is 0.305 e. The Morgan fingerprint density at radius 3 is 2.57 bits per heavy atom. The normalized spacial score (nSPS) is 19.5. The number of carbonyl (C=O) groups is 1. The maximum atomic E-state index is 11.5. The largest absolute Gasteiger partial charge is 0.489 e. The van der Waals surface area contributed by atoms with Crippen LogP contribution < -0.4 is 4.74 Å². The van der Waals surface area contributed by atoms with Gasteiger partial charge in [-0.1, -0.05) is 23.2 Å². The van der Waals surface area contributed by atoms with Gasteiger partial charge >= 0.3 is 5.97 Å². The molecule has 35 heavy (non-hydrogen) atoms. The first-order chi connectivity index (χ1) is 17.0. The van der Waals surface area contributed by atoms with E-state index in [4.69, 9.17) is 37.7 Å². The molecular formula is C27H27Cl2N3O3. The Morgan fingerprint density at radius 1 is 1.11 bits per heavy atom. The Hall–Kier alpha value is -2.67. The first-order valence-corrected chi connectivity index (χ1v) is 12.6. The molecule has 8 heteroatoms. The summed E-state index contributed by atoms with van der Waals surface area (Å²) in [4.78, 5) is 23.5. The number of hydrogen-bond donors (Lipinski definition) is 0. The molecule has 6 nitrogen and oxygen atoms in total. The summed E-state index contributed by atoms with van der Waals surface area (Å²) in [7, 11) is 1.45. The minimum absolute atomic E-state index is 0.107.